The maximum atomic E-state index is 12.7. The summed E-state index contributed by atoms with van der Waals surface area (Å²) in [5, 5.41) is 18.2. The summed E-state index contributed by atoms with van der Waals surface area (Å²) < 4.78 is 12.9. The van der Waals surface area contributed by atoms with Crippen LogP contribution in [0.25, 0.3) is 0 Å². The third-order valence-electron chi connectivity index (χ3n) is 4.80. The van der Waals surface area contributed by atoms with Crippen LogP contribution < -0.4 is 14.8 Å². The molecule has 0 aliphatic rings. The number of carbonyl (C=O) groups is 1. The van der Waals surface area contributed by atoms with E-state index in [9.17, 15) is 14.9 Å². The van der Waals surface area contributed by atoms with Gasteiger partial charge in [-0.05, 0) is 49.2 Å². The van der Waals surface area contributed by atoms with Gasteiger partial charge in [0.2, 0.25) is 0 Å². The van der Waals surface area contributed by atoms with Crippen molar-refractivity contribution in [2.75, 3.05) is 5.32 Å². The zero-order chi connectivity index (χ0) is 24.1. The van der Waals surface area contributed by atoms with Crippen LogP contribution in [0.2, 0.25) is 0 Å². The van der Waals surface area contributed by atoms with Crippen LogP contribution in [0.1, 0.15) is 21.6 Å². The van der Waals surface area contributed by atoms with Crippen molar-refractivity contribution in [1.82, 2.24) is 14.8 Å². The predicted molar refractivity (Wildman–Crippen MR) is 124 cm³/mol. The molecule has 0 aliphatic heterocycles. The second-order valence-electron chi connectivity index (χ2n) is 7.50. The quantitative estimate of drug-likeness (QED) is 0.294. The Morgan fingerprint density at radius 1 is 1.12 bits per heavy atom. The minimum absolute atomic E-state index is 0.123. The molecule has 0 radical (unpaired) electrons. The summed E-state index contributed by atoms with van der Waals surface area (Å²) in [6.45, 7) is 4.04. The third kappa shape index (κ3) is 5.54. The molecule has 0 saturated heterocycles. The maximum Gasteiger partial charge on any atom is 0.276 e. The summed E-state index contributed by atoms with van der Waals surface area (Å²) in [5.41, 5.74) is 2.16. The van der Waals surface area contributed by atoms with Crippen molar-refractivity contribution in [2.45, 2.75) is 20.6 Å². The summed E-state index contributed by atoms with van der Waals surface area (Å²) in [6.07, 6.45) is 4.67. The number of benzene rings is 2. The van der Waals surface area contributed by atoms with Crippen molar-refractivity contribution < 1.29 is 19.2 Å². The number of amides is 1. The number of ether oxygens (including phenoxy) is 2. The minimum atomic E-state index is -0.564. The van der Waals surface area contributed by atoms with Crippen LogP contribution in [-0.4, -0.2) is 25.6 Å². The first-order valence-electron chi connectivity index (χ1n) is 10.3. The number of hydrogen-bond donors (Lipinski definition) is 1. The molecule has 2 aromatic carbocycles. The summed E-state index contributed by atoms with van der Waals surface area (Å²) in [6, 6.07) is 14.8. The van der Waals surface area contributed by atoms with Crippen LogP contribution in [0.3, 0.4) is 0 Å². The molecule has 1 amide bonds. The summed E-state index contributed by atoms with van der Waals surface area (Å²) >= 11 is 0. The Hall–Kier alpha value is -4.73. The van der Waals surface area contributed by atoms with Crippen LogP contribution in [0.15, 0.2) is 73.2 Å². The van der Waals surface area contributed by atoms with Gasteiger partial charge in [-0.3, -0.25) is 19.9 Å². The Bertz CT molecular complexity index is 1340. The molecule has 4 rings (SSSR count). The topological polar surface area (TPSA) is 121 Å². The van der Waals surface area contributed by atoms with Crippen molar-refractivity contribution in [2.24, 2.45) is 0 Å². The van der Waals surface area contributed by atoms with E-state index in [2.05, 4.69) is 15.4 Å². The lowest BCUT2D eigenvalue weighted by molar-refractivity contribution is -0.384. The number of aromatic nitrogens is 3. The fourth-order valence-electron chi connectivity index (χ4n) is 3.11. The SMILES string of the molecule is Cc1ccc(C)c(OCn2ccc(C(=O)Nc3cc(Oc4cccnc4)cc([N+](=O)[O-])c3)n2)c1. The minimum Gasteiger partial charge on any atom is -0.471 e. The maximum absolute atomic E-state index is 12.7. The highest BCUT2D eigenvalue weighted by atomic mass is 16.6. The molecule has 0 aliphatic carbocycles. The molecule has 10 heteroatoms. The molecule has 1 N–H and O–H groups in total. The number of nitro benzene ring substituents is 1. The summed E-state index contributed by atoms with van der Waals surface area (Å²) in [5.74, 6) is 0.797. The van der Waals surface area contributed by atoms with E-state index in [0.717, 1.165) is 16.9 Å². The van der Waals surface area contributed by atoms with Crippen molar-refractivity contribution >= 4 is 17.3 Å². The lowest BCUT2D eigenvalue weighted by Crippen LogP contribution is -2.14. The Balaban J connectivity index is 1.46. The average molecular weight is 459 g/mol. The average Bonchev–Trinajstić information content (AvgIpc) is 3.29. The zero-order valence-electron chi connectivity index (χ0n) is 18.5. The largest absolute Gasteiger partial charge is 0.471 e. The molecular formula is C24H21N5O5. The fourth-order valence-corrected chi connectivity index (χ4v) is 3.11. The summed E-state index contributed by atoms with van der Waals surface area (Å²) in [7, 11) is 0. The van der Waals surface area contributed by atoms with Gasteiger partial charge < -0.3 is 14.8 Å². The molecule has 0 fully saturated rings. The Labute approximate surface area is 194 Å². The number of nitrogens with zero attached hydrogens (tertiary/aromatic N) is 4. The highest BCUT2D eigenvalue weighted by Crippen LogP contribution is 2.29. The standard InChI is InChI=1S/C24H21N5O5/c1-16-5-6-17(2)23(10-16)33-15-28-9-7-22(27-28)24(30)26-18-11-19(29(31)32)13-21(12-18)34-20-4-3-8-25-14-20/h3-14H,15H2,1-2H3,(H,26,30). The number of non-ortho nitro benzene ring substituents is 1. The number of pyridine rings is 1. The van der Waals surface area contributed by atoms with Crippen LogP contribution in [0.4, 0.5) is 11.4 Å². The van der Waals surface area contributed by atoms with Gasteiger partial charge >= 0.3 is 0 Å². The molecular weight excluding hydrogens is 438 g/mol. The Morgan fingerprint density at radius 3 is 2.74 bits per heavy atom. The summed E-state index contributed by atoms with van der Waals surface area (Å²) in [4.78, 5) is 27.4. The molecule has 0 spiro atoms. The Kier molecular flexibility index (Phi) is 6.49. The second-order valence-corrected chi connectivity index (χ2v) is 7.50. The Morgan fingerprint density at radius 2 is 1.97 bits per heavy atom. The van der Waals surface area contributed by atoms with E-state index in [1.165, 1.54) is 35.1 Å². The second kappa shape index (κ2) is 9.82. The number of carbonyl (C=O) groups excluding carboxylic acids is 1. The lowest BCUT2D eigenvalue weighted by Gasteiger charge is -2.10. The normalized spacial score (nSPS) is 10.5. The van der Waals surface area contributed by atoms with Gasteiger partial charge in [0, 0.05) is 24.5 Å². The van der Waals surface area contributed by atoms with E-state index in [-0.39, 0.29) is 29.5 Å². The van der Waals surface area contributed by atoms with Crippen LogP contribution in [-0.2, 0) is 6.73 Å². The third-order valence-corrected chi connectivity index (χ3v) is 4.80. The van der Waals surface area contributed by atoms with Crippen molar-refractivity contribution in [3.63, 3.8) is 0 Å². The van der Waals surface area contributed by atoms with Crippen molar-refractivity contribution in [3.8, 4) is 17.2 Å². The highest BCUT2D eigenvalue weighted by molar-refractivity contribution is 6.03. The lowest BCUT2D eigenvalue weighted by atomic mass is 10.1. The number of nitrogens with one attached hydrogen (secondary N) is 1. The molecule has 2 heterocycles. The molecule has 34 heavy (non-hydrogen) atoms. The monoisotopic (exact) mass is 459 g/mol. The van der Waals surface area contributed by atoms with E-state index in [1.54, 1.807) is 24.5 Å². The molecule has 10 nitrogen and oxygen atoms in total. The van der Waals surface area contributed by atoms with E-state index >= 15 is 0 Å². The first kappa shape index (κ1) is 22.5. The van der Waals surface area contributed by atoms with Crippen LogP contribution in [0.5, 0.6) is 17.2 Å². The van der Waals surface area contributed by atoms with E-state index < -0.39 is 10.8 Å². The molecule has 0 unspecified atom stereocenters. The molecule has 0 bridgehead atoms. The van der Waals surface area contributed by atoms with Gasteiger partial charge in [-0.2, -0.15) is 5.10 Å². The van der Waals surface area contributed by atoms with Crippen molar-refractivity contribution in [1.29, 1.82) is 0 Å². The van der Waals surface area contributed by atoms with Gasteiger partial charge in [0.1, 0.15) is 17.2 Å². The zero-order valence-corrected chi connectivity index (χ0v) is 18.5. The number of anilines is 1. The van der Waals surface area contributed by atoms with Gasteiger partial charge in [0.05, 0.1) is 22.9 Å². The smallest absolute Gasteiger partial charge is 0.276 e. The van der Waals surface area contributed by atoms with E-state index in [0.29, 0.717) is 5.75 Å². The molecule has 4 aromatic rings. The van der Waals surface area contributed by atoms with Crippen LogP contribution >= 0.6 is 0 Å². The molecule has 2 aromatic heterocycles. The number of aryl methyl sites for hydroxylation is 2. The molecule has 172 valence electrons. The van der Waals surface area contributed by atoms with Crippen molar-refractivity contribution in [3.05, 3.63) is 100 Å². The van der Waals surface area contributed by atoms with Gasteiger partial charge in [-0.25, -0.2) is 4.68 Å². The van der Waals surface area contributed by atoms with Crippen LogP contribution in [0, 0.1) is 24.0 Å². The van der Waals surface area contributed by atoms with Gasteiger partial charge in [-0.1, -0.05) is 12.1 Å². The van der Waals surface area contributed by atoms with Gasteiger partial charge in [-0.15, -0.1) is 0 Å². The van der Waals surface area contributed by atoms with Gasteiger partial charge in [0.15, 0.2) is 12.4 Å². The van der Waals surface area contributed by atoms with E-state index in [4.69, 9.17) is 9.47 Å². The highest BCUT2D eigenvalue weighted by Gasteiger charge is 2.16. The predicted octanol–water partition coefficient (Wildman–Crippen LogP) is 4.88. The number of hydrogen-bond acceptors (Lipinski definition) is 7. The number of nitro groups is 1. The molecule has 0 saturated carbocycles. The first-order valence-corrected chi connectivity index (χ1v) is 10.3. The fraction of sp³-hybridized carbons (Fsp3) is 0.125. The van der Waals surface area contributed by atoms with Gasteiger partial charge in [0.25, 0.3) is 11.6 Å². The van der Waals surface area contributed by atoms with E-state index in [1.807, 2.05) is 32.0 Å². The molecule has 0 atom stereocenters. The number of rotatable bonds is 8. The first-order chi connectivity index (χ1) is 16.4.